The molecule has 112 valence electrons. The molecule has 4 nitrogen and oxygen atoms in total. The van der Waals surface area contributed by atoms with E-state index in [1.807, 2.05) is 6.92 Å². The second-order valence-electron chi connectivity index (χ2n) is 4.99. The van der Waals surface area contributed by atoms with E-state index in [-0.39, 0.29) is 5.78 Å². The van der Waals surface area contributed by atoms with E-state index in [1.54, 1.807) is 19.1 Å². The van der Waals surface area contributed by atoms with Crippen LogP contribution >= 0.6 is 11.6 Å². The van der Waals surface area contributed by atoms with Gasteiger partial charge in [-0.05, 0) is 31.9 Å². The van der Waals surface area contributed by atoms with E-state index >= 15 is 0 Å². The summed E-state index contributed by atoms with van der Waals surface area (Å²) in [6.45, 7) is 5.12. The van der Waals surface area contributed by atoms with E-state index in [0.29, 0.717) is 16.4 Å². The molecule has 5 heteroatoms. The topological polar surface area (TPSA) is 56.5 Å². The number of benzene rings is 1. The third kappa shape index (κ3) is 3.45. The highest BCUT2D eigenvalue weighted by Crippen LogP contribution is 2.32. The van der Waals surface area contributed by atoms with Crippen LogP contribution < -0.4 is 10.4 Å². The van der Waals surface area contributed by atoms with Crippen molar-refractivity contribution in [1.29, 1.82) is 0 Å². The van der Waals surface area contributed by atoms with Crippen LogP contribution in [0.15, 0.2) is 27.4 Å². The van der Waals surface area contributed by atoms with Gasteiger partial charge in [0.1, 0.15) is 11.3 Å². The van der Waals surface area contributed by atoms with Crippen LogP contribution in [-0.4, -0.2) is 11.9 Å². The maximum absolute atomic E-state index is 11.6. The molecule has 0 spiro atoms. The molecule has 0 unspecified atom stereocenters. The number of fused-ring (bicyclic) bond motifs is 1. The predicted molar refractivity (Wildman–Crippen MR) is 82.3 cm³/mol. The Balaban J connectivity index is 2.54. The minimum Gasteiger partial charge on any atom is -0.481 e. The summed E-state index contributed by atoms with van der Waals surface area (Å²) in [7, 11) is 0. The lowest BCUT2D eigenvalue weighted by Gasteiger charge is -2.14. The number of rotatable bonds is 5. The third-order valence-electron chi connectivity index (χ3n) is 3.28. The lowest BCUT2D eigenvalue weighted by atomic mass is 10.1. The highest BCUT2D eigenvalue weighted by atomic mass is 35.5. The van der Waals surface area contributed by atoms with E-state index in [4.69, 9.17) is 20.8 Å². The summed E-state index contributed by atoms with van der Waals surface area (Å²) in [5, 5.41) is 1.19. The molecule has 1 atom stereocenters. The highest BCUT2D eigenvalue weighted by Gasteiger charge is 2.15. The van der Waals surface area contributed by atoms with Crippen LogP contribution in [0.2, 0.25) is 5.02 Å². The maximum atomic E-state index is 11.6. The molecule has 0 N–H and O–H groups in total. The molecule has 2 rings (SSSR count). The average Bonchev–Trinajstić information content (AvgIpc) is 2.40. The molecule has 0 fully saturated rings. The van der Waals surface area contributed by atoms with Crippen LogP contribution in [0.1, 0.15) is 32.8 Å². The van der Waals surface area contributed by atoms with Crippen molar-refractivity contribution in [2.75, 3.05) is 0 Å². The van der Waals surface area contributed by atoms with Gasteiger partial charge in [-0.3, -0.25) is 4.79 Å². The number of Topliss-reactive ketones (excluding diaryl/α,β-unsaturated/α-hetero) is 1. The molecule has 0 saturated heterocycles. The Morgan fingerprint density at radius 2 is 2.10 bits per heavy atom. The minimum absolute atomic E-state index is 0.104. The lowest BCUT2D eigenvalue weighted by molar-refractivity contribution is -0.122. The van der Waals surface area contributed by atoms with Gasteiger partial charge in [0, 0.05) is 17.5 Å². The van der Waals surface area contributed by atoms with Gasteiger partial charge >= 0.3 is 5.63 Å². The Hall–Kier alpha value is -1.81. The summed E-state index contributed by atoms with van der Waals surface area (Å²) in [6.07, 6.45) is 1.07. The first kappa shape index (κ1) is 15.6. The summed E-state index contributed by atoms with van der Waals surface area (Å²) >= 11 is 6.21. The van der Waals surface area contributed by atoms with Gasteiger partial charge in [-0.15, -0.1) is 0 Å². The van der Waals surface area contributed by atoms with Crippen LogP contribution in [0.5, 0.6) is 5.75 Å². The molecule has 1 aromatic heterocycles. The Morgan fingerprint density at radius 1 is 1.38 bits per heavy atom. The van der Waals surface area contributed by atoms with Gasteiger partial charge in [0.25, 0.3) is 0 Å². The first-order valence-corrected chi connectivity index (χ1v) is 7.23. The van der Waals surface area contributed by atoms with Crippen molar-refractivity contribution < 1.29 is 13.9 Å². The molecule has 0 aliphatic rings. The van der Waals surface area contributed by atoms with Crippen molar-refractivity contribution in [3.63, 3.8) is 0 Å². The molecule has 2 aromatic rings. The van der Waals surface area contributed by atoms with Crippen LogP contribution in [-0.2, 0) is 11.2 Å². The van der Waals surface area contributed by atoms with Gasteiger partial charge in [0.2, 0.25) is 0 Å². The Kier molecular flexibility index (Phi) is 4.68. The first-order valence-electron chi connectivity index (χ1n) is 6.85. The molecular weight excluding hydrogens is 292 g/mol. The normalized spacial score (nSPS) is 12.4. The zero-order chi connectivity index (χ0) is 15.6. The van der Waals surface area contributed by atoms with Crippen molar-refractivity contribution in [1.82, 2.24) is 0 Å². The Bertz CT molecular complexity index is 733. The Morgan fingerprint density at radius 3 is 2.71 bits per heavy atom. The van der Waals surface area contributed by atoms with Crippen molar-refractivity contribution in [2.24, 2.45) is 0 Å². The molecule has 1 aromatic carbocycles. The van der Waals surface area contributed by atoms with E-state index in [9.17, 15) is 9.59 Å². The molecular formula is C16H17ClO4. The van der Waals surface area contributed by atoms with E-state index in [2.05, 4.69) is 0 Å². The van der Waals surface area contributed by atoms with Gasteiger partial charge in [-0.25, -0.2) is 4.79 Å². The minimum atomic E-state index is -0.606. The Labute approximate surface area is 127 Å². The van der Waals surface area contributed by atoms with Crippen molar-refractivity contribution in [3.8, 4) is 5.75 Å². The summed E-state index contributed by atoms with van der Waals surface area (Å²) in [5.41, 5.74) is 0.914. The zero-order valence-electron chi connectivity index (χ0n) is 12.2. The van der Waals surface area contributed by atoms with E-state index < -0.39 is 11.7 Å². The molecule has 0 saturated carbocycles. The molecule has 1 heterocycles. The van der Waals surface area contributed by atoms with Crippen LogP contribution in [0.3, 0.4) is 0 Å². The molecule has 0 aliphatic carbocycles. The van der Waals surface area contributed by atoms with Crippen molar-refractivity contribution in [2.45, 2.75) is 39.7 Å². The summed E-state index contributed by atoms with van der Waals surface area (Å²) in [5.74, 6) is 0.232. The number of carbonyl (C=O) groups is 1. The molecule has 0 amide bonds. The monoisotopic (exact) mass is 308 g/mol. The van der Waals surface area contributed by atoms with Gasteiger partial charge in [0.15, 0.2) is 11.9 Å². The fraction of sp³-hybridized carbons (Fsp3) is 0.375. The maximum Gasteiger partial charge on any atom is 0.336 e. The quantitative estimate of drug-likeness (QED) is 0.789. The number of hydrogen-bond acceptors (Lipinski definition) is 4. The van der Waals surface area contributed by atoms with Gasteiger partial charge in [-0.2, -0.15) is 0 Å². The molecule has 0 aliphatic heterocycles. The largest absolute Gasteiger partial charge is 0.481 e. The number of halogens is 1. The molecule has 0 radical (unpaired) electrons. The third-order valence-corrected chi connectivity index (χ3v) is 3.57. The van der Waals surface area contributed by atoms with Crippen LogP contribution in [0, 0.1) is 0 Å². The number of ketones is 1. The fourth-order valence-electron chi connectivity index (χ4n) is 2.07. The van der Waals surface area contributed by atoms with Crippen LogP contribution in [0.4, 0.5) is 0 Å². The number of ether oxygens (including phenoxy) is 1. The average molecular weight is 309 g/mol. The van der Waals surface area contributed by atoms with E-state index in [0.717, 1.165) is 23.8 Å². The van der Waals surface area contributed by atoms with Crippen LogP contribution in [0.25, 0.3) is 11.0 Å². The molecule has 21 heavy (non-hydrogen) atoms. The SMILES string of the molecule is CCCc1cc(=O)oc2cc(O[C@H](C)C(C)=O)c(Cl)cc12. The van der Waals surface area contributed by atoms with Crippen molar-refractivity contribution >= 4 is 28.4 Å². The van der Waals surface area contributed by atoms with Gasteiger partial charge in [0.05, 0.1) is 5.02 Å². The number of hydrogen-bond donors (Lipinski definition) is 0. The van der Waals surface area contributed by atoms with Crippen molar-refractivity contribution in [3.05, 3.63) is 39.2 Å². The highest BCUT2D eigenvalue weighted by molar-refractivity contribution is 6.32. The number of carbonyl (C=O) groups excluding carboxylic acids is 1. The smallest absolute Gasteiger partial charge is 0.336 e. The summed E-state index contributed by atoms with van der Waals surface area (Å²) < 4.78 is 10.7. The molecule has 0 bridgehead atoms. The summed E-state index contributed by atoms with van der Waals surface area (Å²) in [4.78, 5) is 22.9. The number of aryl methyl sites for hydroxylation is 1. The first-order chi connectivity index (χ1) is 9.92. The lowest BCUT2D eigenvalue weighted by Crippen LogP contribution is -2.20. The predicted octanol–water partition coefficient (Wildman–Crippen LogP) is 3.76. The summed E-state index contributed by atoms with van der Waals surface area (Å²) in [6, 6.07) is 4.77. The van der Waals surface area contributed by atoms with Gasteiger partial charge < -0.3 is 9.15 Å². The van der Waals surface area contributed by atoms with E-state index in [1.165, 1.54) is 13.0 Å². The standard InChI is InChI=1S/C16H17ClO4/c1-4-5-11-6-16(19)21-14-8-15(13(17)7-12(11)14)20-10(3)9(2)18/h6-8,10H,4-5H2,1-3H3/t10-/m1/s1. The van der Waals surface area contributed by atoms with Gasteiger partial charge in [-0.1, -0.05) is 24.9 Å². The fourth-order valence-corrected chi connectivity index (χ4v) is 2.28. The zero-order valence-corrected chi connectivity index (χ0v) is 13.0. The second kappa shape index (κ2) is 6.31. The second-order valence-corrected chi connectivity index (χ2v) is 5.40.